The smallest absolute Gasteiger partial charge is 0.372 e. The summed E-state index contributed by atoms with van der Waals surface area (Å²) in [6.45, 7) is 5.63. The van der Waals surface area contributed by atoms with Gasteiger partial charge in [0.05, 0.1) is 13.0 Å². The number of halogens is 3. The summed E-state index contributed by atoms with van der Waals surface area (Å²) in [4.78, 5) is 27.2. The lowest BCUT2D eigenvalue weighted by Gasteiger charge is -2.37. The number of hydrogen-bond acceptors (Lipinski definition) is 3. The molecule has 2 amide bonds. The zero-order valence-corrected chi connectivity index (χ0v) is 13.2. The van der Waals surface area contributed by atoms with E-state index < -0.39 is 18.2 Å². The molecule has 1 heterocycles. The number of rotatable bonds is 4. The predicted molar refractivity (Wildman–Crippen MR) is 74.1 cm³/mol. The van der Waals surface area contributed by atoms with Gasteiger partial charge >= 0.3 is 6.18 Å². The van der Waals surface area contributed by atoms with Gasteiger partial charge in [-0.1, -0.05) is 20.8 Å². The first-order chi connectivity index (χ1) is 10.0. The summed E-state index contributed by atoms with van der Waals surface area (Å²) in [7, 11) is 0. The van der Waals surface area contributed by atoms with Crippen molar-refractivity contribution in [1.82, 2.24) is 9.80 Å². The molecule has 0 aromatic heterocycles. The lowest BCUT2D eigenvalue weighted by atomic mass is 9.94. The number of ether oxygens (including phenoxy) is 1. The molecule has 8 heteroatoms. The summed E-state index contributed by atoms with van der Waals surface area (Å²) in [5, 5.41) is 0. The minimum absolute atomic E-state index is 0.0353. The van der Waals surface area contributed by atoms with E-state index in [1.54, 1.807) is 9.80 Å². The third kappa shape index (κ3) is 6.21. The zero-order chi connectivity index (χ0) is 17.0. The molecule has 1 fully saturated rings. The van der Waals surface area contributed by atoms with Crippen molar-refractivity contribution in [3.8, 4) is 0 Å². The first-order valence-electron chi connectivity index (χ1n) is 7.22. The monoisotopic (exact) mass is 324 g/mol. The van der Waals surface area contributed by atoms with Crippen LogP contribution in [0, 0.1) is 5.41 Å². The fraction of sp³-hybridized carbons (Fsp3) is 0.857. The Kier molecular flexibility index (Phi) is 6.22. The molecule has 0 aliphatic carbocycles. The fourth-order valence-electron chi connectivity index (χ4n) is 2.14. The molecule has 0 aromatic rings. The van der Waals surface area contributed by atoms with Crippen LogP contribution in [0.1, 0.15) is 27.2 Å². The van der Waals surface area contributed by atoms with Crippen molar-refractivity contribution in [3.05, 3.63) is 0 Å². The van der Waals surface area contributed by atoms with Gasteiger partial charge in [-0.25, -0.2) is 0 Å². The van der Waals surface area contributed by atoms with Gasteiger partial charge < -0.3 is 14.5 Å². The van der Waals surface area contributed by atoms with E-state index in [-0.39, 0.29) is 24.8 Å². The Morgan fingerprint density at radius 2 is 1.50 bits per heavy atom. The second kappa shape index (κ2) is 7.30. The lowest BCUT2D eigenvalue weighted by Crippen LogP contribution is -2.53. The van der Waals surface area contributed by atoms with E-state index in [2.05, 4.69) is 4.74 Å². The van der Waals surface area contributed by atoms with Crippen molar-refractivity contribution in [2.75, 3.05) is 39.4 Å². The molecule has 0 bridgehead atoms. The maximum atomic E-state index is 12.1. The third-order valence-electron chi connectivity index (χ3n) is 3.29. The van der Waals surface area contributed by atoms with Crippen LogP contribution in [0.3, 0.4) is 0 Å². The lowest BCUT2D eigenvalue weighted by molar-refractivity contribution is -0.175. The molecule has 0 saturated carbocycles. The Morgan fingerprint density at radius 3 is 1.95 bits per heavy atom. The molecular formula is C14H23F3N2O3. The highest BCUT2D eigenvalue weighted by molar-refractivity contribution is 5.82. The van der Waals surface area contributed by atoms with Crippen molar-refractivity contribution in [3.63, 3.8) is 0 Å². The van der Waals surface area contributed by atoms with Crippen LogP contribution in [0.15, 0.2) is 0 Å². The van der Waals surface area contributed by atoms with Gasteiger partial charge in [0, 0.05) is 31.6 Å². The van der Waals surface area contributed by atoms with E-state index in [9.17, 15) is 22.8 Å². The van der Waals surface area contributed by atoms with Crippen LogP contribution >= 0.6 is 0 Å². The number of amides is 2. The molecule has 0 atom stereocenters. The summed E-state index contributed by atoms with van der Waals surface area (Å²) in [6.07, 6.45) is -4.45. The van der Waals surface area contributed by atoms with E-state index >= 15 is 0 Å². The largest absolute Gasteiger partial charge is 0.411 e. The van der Waals surface area contributed by atoms with Gasteiger partial charge in [-0.15, -0.1) is 0 Å². The molecule has 0 N–H and O–H groups in total. The molecule has 128 valence electrons. The molecule has 5 nitrogen and oxygen atoms in total. The minimum atomic E-state index is -4.37. The van der Waals surface area contributed by atoms with Crippen molar-refractivity contribution in [1.29, 1.82) is 0 Å². The molecule has 1 rings (SSSR count). The number of carbonyl (C=O) groups excluding carboxylic acids is 2. The van der Waals surface area contributed by atoms with Crippen LogP contribution < -0.4 is 0 Å². The van der Waals surface area contributed by atoms with Crippen LogP contribution in [-0.2, 0) is 14.3 Å². The molecule has 1 saturated heterocycles. The molecule has 1 aliphatic heterocycles. The second-order valence-electron chi connectivity index (χ2n) is 6.34. The van der Waals surface area contributed by atoms with Crippen LogP contribution in [-0.4, -0.2) is 67.2 Å². The Bertz CT molecular complexity index is 397. The first-order valence-corrected chi connectivity index (χ1v) is 7.22. The summed E-state index contributed by atoms with van der Waals surface area (Å²) >= 11 is 0. The Balaban J connectivity index is 2.30. The zero-order valence-electron chi connectivity index (χ0n) is 13.2. The molecule has 0 radical (unpaired) electrons. The van der Waals surface area contributed by atoms with Crippen molar-refractivity contribution in [2.24, 2.45) is 5.41 Å². The highest BCUT2D eigenvalue weighted by Gasteiger charge is 2.31. The Labute approximate surface area is 128 Å². The van der Waals surface area contributed by atoms with Gasteiger partial charge in [0.15, 0.2) is 0 Å². The first kappa shape index (κ1) is 18.7. The molecule has 0 unspecified atom stereocenters. The summed E-state index contributed by atoms with van der Waals surface area (Å²) in [6, 6.07) is 0. The van der Waals surface area contributed by atoms with Crippen molar-refractivity contribution < 1.29 is 27.5 Å². The summed E-state index contributed by atoms with van der Waals surface area (Å²) in [5.74, 6) is -0.210. The quantitative estimate of drug-likeness (QED) is 0.739. The van der Waals surface area contributed by atoms with Gasteiger partial charge in [0.2, 0.25) is 11.8 Å². The molecule has 22 heavy (non-hydrogen) atoms. The van der Waals surface area contributed by atoms with E-state index in [1.165, 1.54) is 0 Å². The number of alkyl halides is 3. The van der Waals surface area contributed by atoms with E-state index in [0.717, 1.165) is 0 Å². The summed E-state index contributed by atoms with van der Waals surface area (Å²) < 4.78 is 40.1. The third-order valence-corrected chi connectivity index (χ3v) is 3.29. The molecular weight excluding hydrogens is 301 g/mol. The Morgan fingerprint density at radius 1 is 1.00 bits per heavy atom. The molecule has 0 aromatic carbocycles. The van der Waals surface area contributed by atoms with Crippen LogP contribution in [0.2, 0.25) is 0 Å². The van der Waals surface area contributed by atoms with E-state index in [1.807, 2.05) is 20.8 Å². The molecule has 1 aliphatic rings. The van der Waals surface area contributed by atoms with E-state index in [4.69, 9.17) is 0 Å². The van der Waals surface area contributed by atoms with Gasteiger partial charge in [-0.3, -0.25) is 9.59 Å². The predicted octanol–water partition coefficient (Wildman–Crippen LogP) is 1.67. The van der Waals surface area contributed by atoms with Crippen LogP contribution in [0.4, 0.5) is 13.2 Å². The van der Waals surface area contributed by atoms with Gasteiger partial charge in [0.25, 0.3) is 0 Å². The highest BCUT2D eigenvalue weighted by Crippen LogP contribution is 2.19. The number of carbonyl (C=O) groups is 2. The topological polar surface area (TPSA) is 49.9 Å². The number of piperazine rings is 1. The van der Waals surface area contributed by atoms with Crippen molar-refractivity contribution in [2.45, 2.75) is 33.4 Å². The van der Waals surface area contributed by atoms with Crippen molar-refractivity contribution >= 4 is 11.8 Å². The Hall–Kier alpha value is -1.31. The van der Waals surface area contributed by atoms with Gasteiger partial charge in [-0.2, -0.15) is 13.2 Å². The fourth-order valence-corrected chi connectivity index (χ4v) is 2.14. The SMILES string of the molecule is CC(C)(C)C(=O)N1CCN(C(=O)CCOCC(F)(F)F)CC1. The highest BCUT2D eigenvalue weighted by atomic mass is 19.4. The summed E-state index contributed by atoms with van der Waals surface area (Å²) in [5.41, 5.74) is -0.461. The standard InChI is InChI=1S/C14H23F3N2O3/c1-13(2,3)12(21)19-7-5-18(6-8-19)11(20)4-9-22-10-14(15,16)17/h4-10H2,1-3H3. The number of hydrogen-bond donors (Lipinski definition) is 0. The second-order valence-corrected chi connectivity index (χ2v) is 6.34. The van der Waals surface area contributed by atoms with Gasteiger partial charge in [0.1, 0.15) is 6.61 Å². The number of nitrogens with zero attached hydrogens (tertiary/aromatic N) is 2. The minimum Gasteiger partial charge on any atom is -0.372 e. The van der Waals surface area contributed by atoms with E-state index in [0.29, 0.717) is 26.2 Å². The van der Waals surface area contributed by atoms with Gasteiger partial charge in [-0.05, 0) is 0 Å². The molecule has 0 spiro atoms. The normalized spacial score (nSPS) is 16.8. The van der Waals surface area contributed by atoms with Crippen LogP contribution in [0.25, 0.3) is 0 Å². The average molecular weight is 324 g/mol. The van der Waals surface area contributed by atoms with Crippen LogP contribution in [0.5, 0.6) is 0 Å². The maximum absolute atomic E-state index is 12.1. The average Bonchev–Trinajstić information content (AvgIpc) is 2.40. The maximum Gasteiger partial charge on any atom is 0.411 e.